The molecule has 0 aromatic carbocycles. The van der Waals surface area contributed by atoms with Crippen LogP contribution in [-0.4, -0.2) is 37.4 Å². The van der Waals surface area contributed by atoms with E-state index in [1.165, 1.54) is 25.7 Å². The van der Waals surface area contributed by atoms with Crippen LogP contribution in [0, 0.1) is 11.8 Å². The zero-order chi connectivity index (χ0) is 9.80. The van der Waals surface area contributed by atoms with Gasteiger partial charge in [-0.05, 0) is 57.2 Å². The second-order valence-corrected chi connectivity index (χ2v) is 4.76. The Bertz CT molecular complexity index is 165. The van der Waals surface area contributed by atoms with Gasteiger partial charge in [0.2, 0.25) is 0 Å². The smallest absolute Gasteiger partial charge is 0.0692 e. The molecule has 3 N–H and O–H groups in total. The summed E-state index contributed by atoms with van der Waals surface area (Å²) in [7, 11) is 0. The highest BCUT2D eigenvalue weighted by molar-refractivity contribution is 4.82. The van der Waals surface area contributed by atoms with E-state index < -0.39 is 0 Å². The molecule has 2 fully saturated rings. The lowest BCUT2D eigenvalue weighted by atomic mass is 9.98. The van der Waals surface area contributed by atoms with Crippen LogP contribution >= 0.6 is 0 Å². The molecular formula is C11H22N2O. The molecular weight excluding hydrogens is 176 g/mol. The molecule has 0 aromatic heterocycles. The molecule has 1 atom stereocenters. The third-order valence-corrected chi connectivity index (χ3v) is 3.41. The first kappa shape index (κ1) is 10.4. The molecule has 1 saturated carbocycles. The van der Waals surface area contributed by atoms with Crippen molar-refractivity contribution in [2.45, 2.75) is 31.8 Å². The maximum absolute atomic E-state index is 9.64. The van der Waals surface area contributed by atoms with Crippen molar-refractivity contribution in [1.29, 1.82) is 0 Å². The summed E-state index contributed by atoms with van der Waals surface area (Å²) in [6, 6.07) is 0. The molecule has 1 aliphatic carbocycles. The average Bonchev–Trinajstić information content (AvgIpc) is 3.02. The third kappa shape index (κ3) is 3.23. The third-order valence-electron chi connectivity index (χ3n) is 3.41. The molecule has 0 bridgehead atoms. The average molecular weight is 198 g/mol. The van der Waals surface area contributed by atoms with Crippen LogP contribution in [0.3, 0.4) is 0 Å². The van der Waals surface area contributed by atoms with Crippen LogP contribution in [0.4, 0.5) is 0 Å². The molecule has 0 spiro atoms. The maximum atomic E-state index is 9.64. The summed E-state index contributed by atoms with van der Waals surface area (Å²) in [5.74, 6) is 1.43. The van der Waals surface area contributed by atoms with E-state index in [1.807, 2.05) is 0 Å². The van der Waals surface area contributed by atoms with E-state index in [1.54, 1.807) is 0 Å². The van der Waals surface area contributed by atoms with E-state index >= 15 is 0 Å². The van der Waals surface area contributed by atoms with Gasteiger partial charge in [0, 0.05) is 6.54 Å². The summed E-state index contributed by atoms with van der Waals surface area (Å²) in [6.45, 7) is 4.22. The largest absolute Gasteiger partial charge is 0.392 e. The van der Waals surface area contributed by atoms with Crippen LogP contribution < -0.4 is 10.6 Å². The molecule has 1 saturated heterocycles. The van der Waals surface area contributed by atoms with Gasteiger partial charge in [-0.3, -0.25) is 0 Å². The molecule has 0 radical (unpaired) electrons. The molecule has 0 amide bonds. The highest BCUT2D eigenvalue weighted by Crippen LogP contribution is 2.32. The van der Waals surface area contributed by atoms with E-state index in [2.05, 4.69) is 10.6 Å². The van der Waals surface area contributed by atoms with Crippen molar-refractivity contribution in [3.63, 3.8) is 0 Å². The Morgan fingerprint density at radius 3 is 2.57 bits per heavy atom. The van der Waals surface area contributed by atoms with Crippen molar-refractivity contribution in [1.82, 2.24) is 10.6 Å². The number of piperidine rings is 1. The first-order chi connectivity index (χ1) is 6.86. The monoisotopic (exact) mass is 198 g/mol. The Hall–Kier alpha value is -0.120. The fourth-order valence-corrected chi connectivity index (χ4v) is 2.17. The number of aliphatic hydroxyl groups is 1. The molecule has 1 unspecified atom stereocenters. The Kier molecular flexibility index (Phi) is 3.79. The van der Waals surface area contributed by atoms with Gasteiger partial charge in [0.05, 0.1) is 6.10 Å². The molecule has 2 aliphatic rings. The molecule has 3 heteroatoms. The highest BCUT2D eigenvalue weighted by atomic mass is 16.3. The summed E-state index contributed by atoms with van der Waals surface area (Å²) >= 11 is 0. The molecule has 2 rings (SSSR count). The SMILES string of the molecule is OC(CNCC1CCNCC1)C1CC1. The van der Waals surface area contributed by atoms with Crippen LogP contribution in [0.25, 0.3) is 0 Å². The Morgan fingerprint density at radius 2 is 1.93 bits per heavy atom. The number of hydrogen-bond donors (Lipinski definition) is 3. The Labute approximate surface area is 86.3 Å². The molecule has 3 nitrogen and oxygen atoms in total. The van der Waals surface area contributed by atoms with Crippen molar-refractivity contribution >= 4 is 0 Å². The van der Waals surface area contributed by atoms with E-state index in [9.17, 15) is 5.11 Å². The molecule has 0 aromatic rings. The number of rotatable bonds is 5. The number of aliphatic hydroxyl groups excluding tert-OH is 1. The predicted molar refractivity (Wildman–Crippen MR) is 57.2 cm³/mol. The van der Waals surface area contributed by atoms with Gasteiger partial charge in [-0.1, -0.05) is 0 Å². The van der Waals surface area contributed by atoms with E-state index in [0.717, 1.165) is 32.1 Å². The van der Waals surface area contributed by atoms with Crippen molar-refractivity contribution < 1.29 is 5.11 Å². The van der Waals surface area contributed by atoms with Gasteiger partial charge >= 0.3 is 0 Å². The summed E-state index contributed by atoms with van der Waals surface area (Å²) in [4.78, 5) is 0. The first-order valence-electron chi connectivity index (χ1n) is 5.96. The summed E-state index contributed by atoms with van der Waals surface area (Å²) in [6.07, 6.45) is 4.95. The fourth-order valence-electron chi connectivity index (χ4n) is 2.17. The Morgan fingerprint density at radius 1 is 1.21 bits per heavy atom. The lowest BCUT2D eigenvalue weighted by Gasteiger charge is -2.23. The van der Waals surface area contributed by atoms with Gasteiger partial charge in [0.15, 0.2) is 0 Å². The minimum atomic E-state index is -0.0864. The van der Waals surface area contributed by atoms with Crippen molar-refractivity contribution in [2.75, 3.05) is 26.2 Å². The number of hydrogen-bond acceptors (Lipinski definition) is 3. The molecule has 82 valence electrons. The fraction of sp³-hybridized carbons (Fsp3) is 1.00. The van der Waals surface area contributed by atoms with Gasteiger partial charge in [-0.15, -0.1) is 0 Å². The minimum Gasteiger partial charge on any atom is -0.392 e. The topological polar surface area (TPSA) is 44.3 Å². The van der Waals surface area contributed by atoms with E-state index in [4.69, 9.17) is 0 Å². The number of nitrogens with one attached hydrogen (secondary N) is 2. The van der Waals surface area contributed by atoms with E-state index in [-0.39, 0.29) is 6.10 Å². The summed E-state index contributed by atoms with van der Waals surface area (Å²) in [5.41, 5.74) is 0. The molecule has 1 heterocycles. The van der Waals surface area contributed by atoms with Gasteiger partial charge in [0.1, 0.15) is 0 Å². The second-order valence-electron chi connectivity index (χ2n) is 4.76. The maximum Gasteiger partial charge on any atom is 0.0692 e. The van der Waals surface area contributed by atoms with Crippen molar-refractivity contribution in [3.05, 3.63) is 0 Å². The van der Waals surface area contributed by atoms with Crippen molar-refractivity contribution in [3.8, 4) is 0 Å². The second kappa shape index (κ2) is 5.10. The van der Waals surface area contributed by atoms with E-state index in [0.29, 0.717) is 5.92 Å². The normalized spacial score (nSPS) is 26.4. The van der Waals surface area contributed by atoms with Crippen LogP contribution in [0.2, 0.25) is 0 Å². The zero-order valence-electron chi connectivity index (χ0n) is 8.84. The summed E-state index contributed by atoms with van der Waals surface area (Å²) < 4.78 is 0. The van der Waals surface area contributed by atoms with Gasteiger partial charge < -0.3 is 15.7 Å². The lowest BCUT2D eigenvalue weighted by molar-refractivity contribution is 0.146. The lowest BCUT2D eigenvalue weighted by Crippen LogP contribution is -2.36. The summed E-state index contributed by atoms with van der Waals surface area (Å²) in [5, 5.41) is 16.4. The highest BCUT2D eigenvalue weighted by Gasteiger charge is 2.29. The van der Waals surface area contributed by atoms with Gasteiger partial charge in [-0.2, -0.15) is 0 Å². The standard InChI is InChI=1S/C11H22N2O/c14-11(10-1-2-10)8-13-7-9-3-5-12-6-4-9/h9-14H,1-8H2. The van der Waals surface area contributed by atoms with Crippen LogP contribution in [0.1, 0.15) is 25.7 Å². The van der Waals surface area contributed by atoms with Gasteiger partial charge in [0.25, 0.3) is 0 Å². The van der Waals surface area contributed by atoms with Crippen LogP contribution in [0.15, 0.2) is 0 Å². The minimum absolute atomic E-state index is 0.0864. The quantitative estimate of drug-likeness (QED) is 0.597. The van der Waals surface area contributed by atoms with Gasteiger partial charge in [-0.25, -0.2) is 0 Å². The Balaban J connectivity index is 1.52. The molecule has 1 aliphatic heterocycles. The molecule has 14 heavy (non-hydrogen) atoms. The first-order valence-corrected chi connectivity index (χ1v) is 5.96. The zero-order valence-corrected chi connectivity index (χ0v) is 8.84. The van der Waals surface area contributed by atoms with Crippen molar-refractivity contribution in [2.24, 2.45) is 11.8 Å². The van der Waals surface area contributed by atoms with Crippen LogP contribution in [-0.2, 0) is 0 Å². The van der Waals surface area contributed by atoms with Crippen LogP contribution in [0.5, 0.6) is 0 Å². The predicted octanol–water partition coefficient (Wildman–Crippen LogP) is 0.346.